The molecule has 2 aromatic carbocycles. The Morgan fingerprint density at radius 3 is 2.41 bits per heavy atom. The highest BCUT2D eigenvalue weighted by Gasteiger charge is 2.47. The second kappa shape index (κ2) is 11.4. The summed E-state index contributed by atoms with van der Waals surface area (Å²) in [6.07, 6.45) is 7.28. The second-order valence-electron chi connectivity index (χ2n) is 14.2. The van der Waals surface area contributed by atoms with Gasteiger partial charge in [-0.2, -0.15) is 5.26 Å². The van der Waals surface area contributed by atoms with Crippen LogP contribution in [-0.2, 0) is 13.1 Å². The molecule has 2 amide bonds. The summed E-state index contributed by atoms with van der Waals surface area (Å²) >= 11 is 0. The van der Waals surface area contributed by atoms with Gasteiger partial charge in [0.05, 0.1) is 23.9 Å². The number of methoxy groups -OCH3 is 1. The molecule has 2 bridgehead atoms. The average molecular weight is 656 g/mol. The Morgan fingerprint density at radius 1 is 0.939 bits per heavy atom. The van der Waals surface area contributed by atoms with Crippen LogP contribution >= 0.6 is 0 Å². The Hall–Kier alpha value is -5.28. The fourth-order valence-electron chi connectivity index (χ4n) is 8.27. The number of ether oxygens (including phenoxy) is 1. The maximum Gasteiger partial charge on any atom is 0.257 e. The summed E-state index contributed by atoms with van der Waals surface area (Å²) in [5, 5.41) is 10.2. The van der Waals surface area contributed by atoms with E-state index in [1.807, 2.05) is 23.1 Å². The smallest absolute Gasteiger partial charge is 0.257 e. The monoisotopic (exact) mass is 655 g/mol. The average Bonchev–Trinajstić information content (AvgIpc) is 3.47. The number of benzene rings is 2. The van der Waals surface area contributed by atoms with E-state index in [1.165, 1.54) is 30.8 Å². The Kier molecular flexibility index (Phi) is 6.95. The summed E-state index contributed by atoms with van der Waals surface area (Å²) in [5.41, 5.74) is 11.1. The van der Waals surface area contributed by atoms with E-state index >= 15 is 0 Å². The molecule has 2 aliphatic carbocycles. The van der Waals surface area contributed by atoms with Gasteiger partial charge in [-0.05, 0) is 61.8 Å². The topological polar surface area (TPSA) is 148 Å². The number of nitrogens with two attached hydrogens (primary N) is 1. The number of hydrogen-bond donors (Lipinski definition) is 1. The number of likely N-dealkylation sites (tertiary alicyclic amines) is 2. The third-order valence-corrected chi connectivity index (χ3v) is 11.0. The van der Waals surface area contributed by atoms with Crippen molar-refractivity contribution in [3.8, 4) is 23.3 Å². The first-order valence-electron chi connectivity index (χ1n) is 17.1. The number of fused-ring (bicyclic) bond motifs is 4. The minimum atomic E-state index is -0.155. The summed E-state index contributed by atoms with van der Waals surface area (Å²) < 4.78 is 10.6. The number of nitrogens with zero attached hydrogens (tertiary/aromatic N) is 8. The number of rotatable bonds is 8. The molecule has 49 heavy (non-hydrogen) atoms. The van der Waals surface area contributed by atoms with Crippen LogP contribution < -0.4 is 10.5 Å². The van der Waals surface area contributed by atoms with E-state index in [1.54, 1.807) is 12.0 Å². The van der Waals surface area contributed by atoms with E-state index in [2.05, 4.69) is 49.4 Å². The van der Waals surface area contributed by atoms with Crippen LogP contribution in [0.1, 0.15) is 52.2 Å². The van der Waals surface area contributed by atoms with Crippen molar-refractivity contribution >= 4 is 33.8 Å². The van der Waals surface area contributed by atoms with Crippen LogP contribution in [-0.4, -0.2) is 84.5 Å². The van der Waals surface area contributed by atoms with Gasteiger partial charge in [0.1, 0.15) is 17.3 Å². The fraction of sp³-hybridized carbons (Fsp3) is 0.405. The van der Waals surface area contributed by atoms with Crippen molar-refractivity contribution in [2.75, 3.05) is 26.7 Å². The maximum atomic E-state index is 14.0. The van der Waals surface area contributed by atoms with E-state index in [0.29, 0.717) is 60.4 Å². The standard InChI is InChI=1S/C37H37N9O3/c1-49-31-12-25(37(48)45-20-24-8-9-29(45)33(24)39)10-27-34(31)46(19-22-16-43(17-22)36(47)26-14-40-32(13-38)41-15-26)35(42-27)30-11-23-4-2-3-5-28(23)44(30)18-21-6-7-21/h2-5,10-12,14-15,21-22,24,29,33H,6-9,16-20,39H2,1H3/t24?,29?,33-/m1/s1. The predicted molar refractivity (Wildman–Crippen MR) is 182 cm³/mol. The van der Waals surface area contributed by atoms with Crippen LogP contribution in [0.3, 0.4) is 0 Å². The summed E-state index contributed by atoms with van der Waals surface area (Å²) in [6.45, 7) is 3.33. The summed E-state index contributed by atoms with van der Waals surface area (Å²) in [7, 11) is 1.64. The van der Waals surface area contributed by atoms with Crippen LogP contribution in [0.15, 0.2) is 54.9 Å². The SMILES string of the molecule is COc1cc(C(=O)N2CC3CCC2[C@@H]3N)cc2nc(-c3cc4ccccc4n3CC3CC3)n(CC3CN(C(=O)c4cnc(C#N)nc4)C3)c12. The van der Waals surface area contributed by atoms with Gasteiger partial charge in [-0.1, -0.05) is 18.2 Å². The zero-order valence-corrected chi connectivity index (χ0v) is 27.3. The van der Waals surface area contributed by atoms with Crippen LogP contribution in [0, 0.1) is 29.1 Å². The molecular weight excluding hydrogens is 618 g/mol. The zero-order valence-electron chi connectivity index (χ0n) is 27.3. The molecule has 3 atom stereocenters. The highest BCUT2D eigenvalue weighted by Crippen LogP contribution is 2.41. The number of imidazole rings is 1. The third kappa shape index (κ3) is 4.94. The lowest BCUT2D eigenvalue weighted by molar-refractivity contribution is 0.0470. The lowest BCUT2D eigenvalue weighted by atomic mass is 9.98. The van der Waals surface area contributed by atoms with Gasteiger partial charge >= 0.3 is 0 Å². The number of nitriles is 1. The highest BCUT2D eigenvalue weighted by atomic mass is 16.5. The first-order chi connectivity index (χ1) is 23.9. The first-order valence-corrected chi connectivity index (χ1v) is 17.1. The molecule has 0 radical (unpaired) electrons. The van der Waals surface area contributed by atoms with E-state index < -0.39 is 0 Å². The molecule has 2 saturated carbocycles. The van der Waals surface area contributed by atoms with Crippen LogP contribution in [0.25, 0.3) is 33.5 Å². The van der Waals surface area contributed by atoms with Crippen molar-refractivity contribution in [1.82, 2.24) is 33.9 Å². The molecule has 0 spiro atoms. The Balaban J connectivity index is 1.10. The summed E-state index contributed by atoms with van der Waals surface area (Å²) in [6, 6.07) is 16.4. The van der Waals surface area contributed by atoms with Gasteiger partial charge < -0.3 is 29.4 Å². The van der Waals surface area contributed by atoms with Crippen LogP contribution in [0.4, 0.5) is 0 Å². The number of carbonyl (C=O) groups is 2. The lowest BCUT2D eigenvalue weighted by Gasteiger charge is -2.39. The molecule has 12 heteroatoms. The largest absolute Gasteiger partial charge is 0.494 e. The summed E-state index contributed by atoms with van der Waals surface area (Å²) in [4.78, 5) is 44.1. The van der Waals surface area contributed by atoms with Crippen molar-refractivity contribution in [3.63, 3.8) is 0 Å². The van der Waals surface area contributed by atoms with Crippen molar-refractivity contribution in [2.45, 2.75) is 50.9 Å². The number of aromatic nitrogens is 5. The van der Waals surface area contributed by atoms with Gasteiger partial charge in [0.15, 0.2) is 5.82 Å². The number of hydrogen-bond acceptors (Lipinski definition) is 8. The normalized spacial score (nSPS) is 21.8. The second-order valence-corrected chi connectivity index (χ2v) is 14.2. The number of carbonyl (C=O) groups excluding carboxylic acids is 2. The van der Waals surface area contributed by atoms with E-state index in [4.69, 9.17) is 20.7 Å². The van der Waals surface area contributed by atoms with E-state index in [9.17, 15) is 9.59 Å². The van der Waals surface area contributed by atoms with Gasteiger partial charge in [0.2, 0.25) is 5.82 Å². The molecule has 12 nitrogen and oxygen atoms in total. The van der Waals surface area contributed by atoms with Crippen molar-refractivity contribution < 1.29 is 14.3 Å². The molecule has 2 saturated heterocycles. The van der Waals surface area contributed by atoms with Gasteiger partial charge in [-0.25, -0.2) is 15.0 Å². The highest BCUT2D eigenvalue weighted by molar-refractivity contribution is 6.01. The predicted octanol–water partition coefficient (Wildman–Crippen LogP) is 4.07. The molecule has 4 aliphatic rings. The molecule has 2 unspecified atom stereocenters. The molecule has 3 aromatic heterocycles. The Morgan fingerprint density at radius 2 is 1.71 bits per heavy atom. The third-order valence-electron chi connectivity index (χ3n) is 11.0. The van der Waals surface area contributed by atoms with Crippen molar-refractivity contribution in [2.24, 2.45) is 23.5 Å². The molecule has 2 aliphatic heterocycles. The van der Waals surface area contributed by atoms with Crippen molar-refractivity contribution in [3.05, 3.63) is 71.8 Å². The van der Waals surface area contributed by atoms with Crippen LogP contribution in [0.5, 0.6) is 5.75 Å². The van der Waals surface area contributed by atoms with Gasteiger partial charge in [0, 0.05) is 79.6 Å². The van der Waals surface area contributed by atoms with Gasteiger partial charge in [0.25, 0.3) is 11.8 Å². The first kappa shape index (κ1) is 29.8. The molecule has 4 fully saturated rings. The minimum Gasteiger partial charge on any atom is -0.494 e. The summed E-state index contributed by atoms with van der Waals surface area (Å²) in [5.74, 6) is 2.43. The molecular formula is C37H37N9O3. The molecule has 5 aromatic rings. The number of amides is 2. The fourth-order valence-corrected chi connectivity index (χ4v) is 8.27. The van der Waals surface area contributed by atoms with E-state index in [-0.39, 0.29) is 35.6 Å². The zero-order chi connectivity index (χ0) is 33.4. The maximum absolute atomic E-state index is 14.0. The van der Waals surface area contributed by atoms with Crippen LogP contribution in [0.2, 0.25) is 0 Å². The molecule has 248 valence electrons. The quantitative estimate of drug-likeness (QED) is 0.263. The van der Waals surface area contributed by atoms with Crippen molar-refractivity contribution in [1.29, 1.82) is 5.26 Å². The molecule has 5 heterocycles. The minimum absolute atomic E-state index is 0.0262. The number of para-hydroxylation sites is 1. The Labute approximate surface area is 283 Å². The lowest BCUT2D eigenvalue weighted by Crippen LogP contribution is -2.51. The number of piperidine rings is 1. The Bertz CT molecular complexity index is 2170. The molecule has 9 rings (SSSR count). The molecule has 2 N–H and O–H groups in total. The van der Waals surface area contributed by atoms with Gasteiger partial charge in [-0.3, -0.25) is 9.59 Å². The van der Waals surface area contributed by atoms with Gasteiger partial charge in [-0.15, -0.1) is 0 Å². The van der Waals surface area contributed by atoms with E-state index in [0.717, 1.165) is 41.8 Å².